The molecule has 5 nitrogen and oxygen atoms in total. The van der Waals surface area contributed by atoms with Crippen LogP contribution in [0.25, 0.3) is 6.08 Å². The van der Waals surface area contributed by atoms with Crippen LogP contribution in [-0.2, 0) is 4.79 Å². The van der Waals surface area contributed by atoms with Crippen LogP contribution >= 0.6 is 0 Å². The molecular formula is C17H21NO4. The third kappa shape index (κ3) is 3.81. The fourth-order valence-corrected chi connectivity index (χ4v) is 2.35. The first-order chi connectivity index (χ1) is 10.7. The van der Waals surface area contributed by atoms with E-state index in [1.54, 1.807) is 39.5 Å². The molecule has 0 aromatic heterocycles. The maximum absolute atomic E-state index is 11.9. The Morgan fingerprint density at radius 2 is 1.82 bits per heavy atom. The van der Waals surface area contributed by atoms with Gasteiger partial charge in [-0.25, -0.2) is 0 Å². The molecule has 0 saturated heterocycles. The van der Waals surface area contributed by atoms with Gasteiger partial charge >= 0.3 is 0 Å². The first-order valence-electron chi connectivity index (χ1n) is 7.16. The van der Waals surface area contributed by atoms with Crippen LogP contribution in [0.2, 0.25) is 0 Å². The van der Waals surface area contributed by atoms with E-state index in [2.05, 4.69) is 11.4 Å². The first-order valence-corrected chi connectivity index (χ1v) is 7.16. The molecule has 22 heavy (non-hydrogen) atoms. The van der Waals surface area contributed by atoms with Crippen molar-refractivity contribution in [3.05, 3.63) is 35.5 Å². The van der Waals surface area contributed by atoms with Crippen LogP contribution in [0.1, 0.15) is 24.8 Å². The van der Waals surface area contributed by atoms with E-state index in [0.29, 0.717) is 17.2 Å². The van der Waals surface area contributed by atoms with E-state index >= 15 is 0 Å². The van der Waals surface area contributed by atoms with Crippen LogP contribution < -0.4 is 19.5 Å². The number of carbonyl (C=O) groups is 1. The van der Waals surface area contributed by atoms with Crippen molar-refractivity contribution in [1.29, 1.82) is 0 Å². The van der Waals surface area contributed by atoms with Crippen molar-refractivity contribution in [1.82, 2.24) is 5.32 Å². The van der Waals surface area contributed by atoms with E-state index in [9.17, 15) is 4.79 Å². The third-order valence-corrected chi connectivity index (χ3v) is 3.44. The minimum atomic E-state index is -0.137. The summed E-state index contributed by atoms with van der Waals surface area (Å²) in [6.07, 6.45) is 8.35. The summed E-state index contributed by atoms with van der Waals surface area (Å²) in [5, 5.41) is 2.88. The van der Waals surface area contributed by atoms with Crippen molar-refractivity contribution in [2.24, 2.45) is 0 Å². The van der Waals surface area contributed by atoms with Gasteiger partial charge in [0.05, 0.1) is 21.3 Å². The third-order valence-electron chi connectivity index (χ3n) is 3.44. The second kappa shape index (κ2) is 7.54. The van der Waals surface area contributed by atoms with Crippen LogP contribution in [0.15, 0.2) is 30.0 Å². The second-order valence-electron chi connectivity index (χ2n) is 4.90. The topological polar surface area (TPSA) is 56.8 Å². The molecule has 1 N–H and O–H groups in total. The van der Waals surface area contributed by atoms with E-state index in [0.717, 1.165) is 30.5 Å². The monoisotopic (exact) mass is 303 g/mol. The number of benzene rings is 1. The maximum Gasteiger partial charge on any atom is 0.248 e. The number of rotatable bonds is 6. The van der Waals surface area contributed by atoms with Crippen molar-refractivity contribution >= 4 is 12.0 Å². The minimum absolute atomic E-state index is 0.137. The fourth-order valence-electron chi connectivity index (χ4n) is 2.35. The zero-order valence-electron chi connectivity index (χ0n) is 13.1. The Morgan fingerprint density at radius 1 is 1.14 bits per heavy atom. The van der Waals surface area contributed by atoms with E-state index in [1.807, 2.05) is 0 Å². The Bertz CT molecular complexity index is 580. The zero-order chi connectivity index (χ0) is 15.9. The molecule has 5 heteroatoms. The smallest absolute Gasteiger partial charge is 0.248 e. The van der Waals surface area contributed by atoms with Crippen molar-refractivity contribution in [3.8, 4) is 17.2 Å². The van der Waals surface area contributed by atoms with Gasteiger partial charge in [-0.05, 0) is 43.0 Å². The van der Waals surface area contributed by atoms with E-state index in [4.69, 9.17) is 14.2 Å². The molecule has 0 radical (unpaired) electrons. The quantitative estimate of drug-likeness (QED) is 0.821. The van der Waals surface area contributed by atoms with E-state index in [-0.39, 0.29) is 5.91 Å². The van der Waals surface area contributed by atoms with Crippen LogP contribution in [0, 0.1) is 0 Å². The van der Waals surface area contributed by atoms with Crippen molar-refractivity contribution in [2.75, 3.05) is 21.3 Å². The van der Waals surface area contributed by atoms with Gasteiger partial charge in [0.25, 0.3) is 0 Å². The number of ether oxygens (including phenoxy) is 3. The first kappa shape index (κ1) is 15.9. The summed E-state index contributed by atoms with van der Waals surface area (Å²) in [6.45, 7) is 0. The molecule has 0 fully saturated rings. The molecule has 0 aliphatic heterocycles. The summed E-state index contributed by atoms with van der Waals surface area (Å²) in [4.78, 5) is 11.9. The predicted octanol–water partition coefficient (Wildman–Crippen LogP) is 2.91. The number of carbonyl (C=O) groups excluding carboxylic acids is 1. The Hall–Kier alpha value is -2.43. The summed E-state index contributed by atoms with van der Waals surface area (Å²) >= 11 is 0. The molecule has 0 bridgehead atoms. The summed E-state index contributed by atoms with van der Waals surface area (Å²) in [7, 11) is 4.67. The van der Waals surface area contributed by atoms with Crippen LogP contribution in [0.4, 0.5) is 0 Å². The van der Waals surface area contributed by atoms with Gasteiger partial charge in [0.2, 0.25) is 11.7 Å². The molecule has 0 unspecified atom stereocenters. The Labute approximate surface area is 130 Å². The van der Waals surface area contributed by atoms with Crippen molar-refractivity contribution in [3.63, 3.8) is 0 Å². The zero-order valence-corrected chi connectivity index (χ0v) is 13.1. The van der Waals surface area contributed by atoms with Gasteiger partial charge in [-0.1, -0.05) is 6.08 Å². The van der Waals surface area contributed by atoms with Gasteiger partial charge in [0.1, 0.15) is 0 Å². The molecular weight excluding hydrogens is 282 g/mol. The number of hydrogen-bond donors (Lipinski definition) is 1. The predicted molar refractivity (Wildman–Crippen MR) is 85.2 cm³/mol. The molecule has 2 rings (SSSR count). The highest BCUT2D eigenvalue weighted by Crippen LogP contribution is 2.38. The number of allylic oxidation sites excluding steroid dienone is 2. The van der Waals surface area contributed by atoms with Gasteiger partial charge < -0.3 is 19.5 Å². The molecule has 1 aromatic carbocycles. The highest BCUT2D eigenvalue weighted by molar-refractivity contribution is 5.93. The second-order valence-corrected chi connectivity index (χ2v) is 4.90. The number of methoxy groups -OCH3 is 3. The molecule has 1 aliphatic carbocycles. The Morgan fingerprint density at radius 3 is 2.32 bits per heavy atom. The number of nitrogens with one attached hydrogen (secondary N) is 1. The summed E-state index contributed by atoms with van der Waals surface area (Å²) in [6, 6.07) is 3.58. The van der Waals surface area contributed by atoms with Gasteiger partial charge in [-0.3, -0.25) is 4.79 Å². The van der Waals surface area contributed by atoms with Crippen LogP contribution in [0.3, 0.4) is 0 Å². The lowest BCUT2D eigenvalue weighted by molar-refractivity contribution is -0.115. The molecule has 1 aliphatic rings. The standard InChI is InChI=1S/C17H21NO4/c1-20-14-10-12(11-15(21-2)17(14)22-3)8-9-16(19)18-13-6-4-5-7-13/h6,8-11H,4-5,7H2,1-3H3,(H,18,19)/b9-8+. The largest absolute Gasteiger partial charge is 0.493 e. The lowest BCUT2D eigenvalue weighted by Crippen LogP contribution is -2.18. The Kier molecular flexibility index (Phi) is 5.47. The average Bonchev–Trinajstić information content (AvgIpc) is 3.04. The minimum Gasteiger partial charge on any atom is -0.493 e. The summed E-state index contributed by atoms with van der Waals surface area (Å²) in [5.74, 6) is 1.51. The SMILES string of the molecule is COc1cc(/C=C/C(=O)NC2=CCCC2)cc(OC)c1OC. The Balaban J connectivity index is 2.14. The average molecular weight is 303 g/mol. The molecule has 0 saturated carbocycles. The lowest BCUT2D eigenvalue weighted by atomic mass is 10.1. The number of amides is 1. The van der Waals surface area contributed by atoms with Crippen LogP contribution in [0.5, 0.6) is 17.2 Å². The van der Waals surface area contributed by atoms with Crippen molar-refractivity contribution in [2.45, 2.75) is 19.3 Å². The highest BCUT2D eigenvalue weighted by Gasteiger charge is 2.12. The lowest BCUT2D eigenvalue weighted by Gasteiger charge is -2.12. The summed E-state index contributed by atoms with van der Waals surface area (Å²) < 4.78 is 15.8. The fraction of sp³-hybridized carbons (Fsp3) is 0.353. The van der Waals surface area contributed by atoms with E-state index in [1.165, 1.54) is 6.08 Å². The van der Waals surface area contributed by atoms with Crippen molar-refractivity contribution < 1.29 is 19.0 Å². The molecule has 0 spiro atoms. The highest BCUT2D eigenvalue weighted by atomic mass is 16.5. The van der Waals surface area contributed by atoms with Gasteiger partial charge in [-0.15, -0.1) is 0 Å². The summed E-state index contributed by atoms with van der Waals surface area (Å²) in [5.41, 5.74) is 1.80. The molecule has 1 amide bonds. The molecule has 1 aromatic rings. The molecule has 118 valence electrons. The van der Waals surface area contributed by atoms with E-state index < -0.39 is 0 Å². The van der Waals surface area contributed by atoms with Gasteiger partial charge in [0.15, 0.2) is 11.5 Å². The maximum atomic E-state index is 11.9. The van der Waals surface area contributed by atoms with Gasteiger partial charge in [-0.2, -0.15) is 0 Å². The molecule has 0 atom stereocenters. The van der Waals surface area contributed by atoms with Crippen LogP contribution in [-0.4, -0.2) is 27.2 Å². The van der Waals surface area contributed by atoms with Gasteiger partial charge in [0, 0.05) is 11.8 Å². The molecule has 0 heterocycles. The number of hydrogen-bond acceptors (Lipinski definition) is 4. The normalized spacial score (nSPS) is 13.9.